The lowest BCUT2D eigenvalue weighted by atomic mass is 10.2. The molecule has 3 heterocycles. The number of aromatic nitrogens is 4. The van der Waals surface area contributed by atoms with Crippen molar-refractivity contribution in [3.8, 4) is 5.88 Å². The Morgan fingerprint density at radius 3 is 2.70 bits per heavy atom. The Bertz CT molecular complexity index is 1130. The topological polar surface area (TPSA) is 111 Å². The first-order chi connectivity index (χ1) is 15.6. The van der Waals surface area contributed by atoms with Gasteiger partial charge in [0.15, 0.2) is 5.65 Å². The largest absolute Gasteiger partial charge is 0.475 e. The average Bonchev–Trinajstić information content (AvgIpc) is 3.16. The van der Waals surface area contributed by atoms with Gasteiger partial charge in [0, 0.05) is 30.8 Å². The molecule has 0 aliphatic heterocycles. The Morgan fingerprint density at radius 2 is 1.97 bits per heavy atom. The molecule has 3 rings (SSSR count). The van der Waals surface area contributed by atoms with Gasteiger partial charge in [-0.15, -0.1) is 0 Å². The zero-order valence-corrected chi connectivity index (χ0v) is 18.0. The third kappa shape index (κ3) is 7.44. The van der Waals surface area contributed by atoms with Gasteiger partial charge in [0.25, 0.3) is 5.91 Å². The van der Waals surface area contributed by atoms with E-state index >= 15 is 0 Å². The van der Waals surface area contributed by atoms with Crippen LogP contribution in [0.2, 0.25) is 0 Å². The lowest BCUT2D eigenvalue weighted by molar-refractivity contribution is -0.144. The van der Waals surface area contributed by atoms with E-state index in [0.29, 0.717) is 28.3 Å². The third-order valence-corrected chi connectivity index (χ3v) is 4.34. The van der Waals surface area contributed by atoms with E-state index in [9.17, 15) is 22.8 Å². The van der Waals surface area contributed by atoms with Crippen LogP contribution in [0.15, 0.2) is 36.8 Å². The molecule has 9 nitrogen and oxygen atoms in total. The van der Waals surface area contributed by atoms with Gasteiger partial charge in [-0.25, -0.2) is 14.5 Å². The van der Waals surface area contributed by atoms with Gasteiger partial charge in [-0.3, -0.25) is 9.59 Å². The van der Waals surface area contributed by atoms with Crippen LogP contribution in [-0.2, 0) is 17.9 Å². The molecule has 0 bridgehead atoms. The number of pyridine rings is 1. The van der Waals surface area contributed by atoms with Crippen molar-refractivity contribution < 1.29 is 27.5 Å². The summed E-state index contributed by atoms with van der Waals surface area (Å²) in [6.45, 7) is 3.90. The van der Waals surface area contributed by atoms with Gasteiger partial charge in [-0.2, -0.15) is 18.3 Å². The zero-order valence-electron chi connectivity index (χ0n) is 18.0. The van der Waals surface area contributed by atoms with Crippen LogP contribution in [0.25, 0.3) is 5.65 Å². The molecule has 0 aliphatic rings. The summed E-state index contributed by atoms with van der Waals surface area (Å²) in [6, 6.07) is 4.78. The van der Waals surface area contributed by atoms with E-state index < -0.39 is 24.9 Å². The van der Waals surface area contributed by atoms with Crippen molar-refractivity contribution in [1.29, 1.82) is 0 Å². The first-order valence-corrected chi connectivity index (χ1v) is 10.2. The van der Waals surface area contributed by atoms with Crippen molar-refractivity contribution in [3.05, 3.63) is 53.6 Å². The number of halogens is 3. The zero-order chi connectivity index (χ0) is 24.0. The van der Waals surface area contributed by atoms with Crippen molar-refractivity contribution >= 4 is 17.5 Å². The Hall–Kier alpha value is -3.70. The number of fused-ring (bicyclic) bond motifs is 1. The number of carbonyl (C=O) groups is 2. The molecule has 3 aromatic rings. The summed E-state index contributed by atoms with van der Waals surface area (Å²) in [5, 5.41) is 9.37. The smallest absolute Gasteiger partial charge is 0.389 e. The van der Waals surface area contributed by atoms with E-state index in [2.05, 4.69) is 25.7 Å². The summed E-state index contributed by atoms with van der Waals surface area (Å²) >= 11 is 0. The first-order valence-electron chi connectivity index (χ1n) is 10.2. The highest BCUT2D eigenvalue weighted by Crippen LogP contribution is 2.21. The summed E-state index contributed by atoms with van der Waals surface area (Å²) in [7, 11) is 0. The number of rotatable bonds is 9. The summed E-state index contributed by atoms with van der Waals surface area (Å²) in [4.78, 5) is 32.4. The number of nitrogens with one attached hydrogen (secondary N) is 2. The van der Waals surface area contributed by atoms with Gasteiger partial charge in [0.1, 0.15) is 0 Å². The first kappa shape index (κ1) is 24.0. The van der Waals surface area contributed by atoms with Crippen LogP contribution in [0.4, 0.5) is 13.2 Å². The molecule has 0 spiro atoms. The van der Waals surface area contributed by atoms with Crippen molar-refractivity contribution in [2.45, 2.75) is 52.1 Å². The summed E-state index contributed by atoms with van der Waals surface area (Å²) < 4.78 is 43.6. The molecule has 176 valence electrons. The maximum Gasteiger partial charge on any atom is 0.389 e. The number of imidazole rings is 1. The molecule has 33 heavy (non-hydrogen) atoms. The minimum absolute atomic E-state index is 0.0297. The number of carbonyl (C=O) groups excluding carboxylic acids is 2. The molecule has 0 saturated heterocycles. The molecule has 0 atom stereocenters. The van der Waals surface area contributed by atoms with Crippen molar-refractivity contribution in [2.75, 3.05) is 0 Å². The molecule has 3 aromatic heterocycles. The van der Waals surface area contributed by atoms with E-state index in [0.717, 1.165) is 0 Å². The van der Waals surface area contributed by atoms with Crippen LogP contribution in [0, 0.1) is 0 Å². The van der Waals surface area contributed by atoms with Crippen LogP contribution in [0.5, 0.6) is 5.88 Å². The average molecular weight is 464 g/mol. The number of amides is 2. The fourth-order valence-electron chi connectivity index (χ4n) is 2.82. The van der Waals surface area contributed by atoms with Gasteiger partial charge in [-0.05, 0) is 31.5 Å². The highest BCUT2D eigenvalue weighted by atomic mass is 19.4. The Morgan fingerprint density at radius 1 is 1.18 bits per heavy atom. The summed E-state index contributed by atoms with van der Waals surface area (Å²) in [5.41, 5.74) is 2.00. The van der Waals surface area contributed by atoms with Crippen LogP contribution in [0.1, 0.15) is 48.3 Å². The summed E-state index contributed by atoms with van der Waals surface area (Å²) in [5.74, 6) is -0.664. The highest BCUT2D eigenvalue weighted by Gasteiger charge is 2.27. The highest BCUT2D eigenvalue weighted by molar-refractivity contribution is 5.94. The third-order valence-electron chi connectivity index (χ3n) is 4.34. The maximum atomic E-state index is 12.4. The van der Waals surface area contributed by atoms with Gasteiger partial charge in [0.05, 0.1) is 37.2 Å². The Kier molecular flexibility index (Phi) is 7.46. The Balaban J connectivity index is 1.56. The van der Waals surface area contributed by atoms with Gasteiger partial charge in [0.2, 0.25) is 11.8 Å². The molecule has 0 radical (unpaired) electrons. The predicted octanol–water partition coefficient (Wildman–Crippen LogP) is 2.80. The molecule has 0 fully saturated rings. The number of nitrogens with zero attached hydrogens (tertiary/aromatic N) is 4. The van der Waals surface area contributed by atoms with Crippen LogP contribution < -0.4 is 15.4 Å². The van der Waals surface area contributed by atoms with Gasteiger partial charge >= 0.3 is 6.18 Å². The van der Waals surface area contributed by atoms with Gasteiger partial charge in [-0.1, -0.05) is 0 Å². The molecule has 2 N–H and O–H groups in total. The lowest BCUT2D eigenvalue weighted by Crippen LogP contribution is -2.24. The SMILES string of the molecule is CC(C)Oc1cc(C(=O)NCc2cn3ncc(CNC(=O)CCC(F)(F)F)cc3n2)ccn1. The lowest BCUT2D eigenvalue weighted by Gasteiger charge is -2.09. The monoisotopic (exact) mass is 464 g/mol. The van der Waals surface area contributed by atoms with Crippen molar-refractivity contribution in [1.82, 2.24) is 30.2 Å². The summed E-state index contributed by atoms with van der Waals surface area (Å²) in [6.07, 6.45) is -1.63. The van der Waals surface area contributed by atoms with E-state index in [1.165, 1.54) is 16.9 Å². The molecular weight excluding hydrogens is 441 g/mol. The second-order valence-corrected chi connectivity index (χ2v) is 7.52. The molecule has 0 aliphatic carbocycles. The molecular formula is C21H23F3N6O3. The van der Waals surface area contributed by atoms with E-state index in [1.807, 2.05) is 13.8 Å². The Labute approximate surface area is 187 Å². The number of ether oxygens (including phenoxy) is 1. The second kappa shape index (κ2) is 10.3. The second-order valence-electron chi connectivity index (χ2n) is 7.52. The predicted molar refractivity (Wildman–Crippen MR) is 111 cm³/mol. The van der Waals surface area contributed by atoms with E-state index in [1.54, 1.807) is 24.4 Å². The van der Waals surface area contributed by atoms with Crippen LogP contribution >= 0.6 is 0 Å². The van der Waals surface area contributed by atoms with Gasteiger partial charge < -0.3 is 15.4 Å². The number of hydrogen-bond donors (Lipinski definition) is 2. The normalized spacial score (nSPS) is 11.6. The molecule has 0 unspecified atom stereocenters. The van der Waals surface area contributed by atoms with E-state index in [-0.39, 0.29) is 25.1 Å². The molecule has 0 saturated carbocycles. The minimum Gasteiger partial charge on any atom is -0.475 e. The quantitative estimate of drug-likeness (QED) is 0.504. The van der Waals surface area contributed by atoms with E-state index in [4.69, 9.17) is 4.74 Å². The fraction of sp³-hybridized carbons (Fsp3) is 0.381. The van der Waals surface area contributed by atoms with Crippen molar-refractivity contribution in [3.63, 3.8) is 0 Å². The maximum absolute atomic E-state index is 12.4. The number of hydrogen-bond acceptors (Lipinski definition) is 6. The molecule has 12 heteroatoms. The minimum atomic E-state index is -4.37. The van der Waals surface area contributed by atoms with Crippen LogP contribution in [0.3, 0.4) is 0 Å². The molecule has 0 aromatic carbocycles. The van der Waals surface area contributed by atoms with Crippen LogP contribution in [-0.4, -0.2) is 43.7 Å². The standard InChI is InChI=1S/C21H23F3N6O3/c1-13(2)33-19-8-15(4-6-25-19)20(32)27-11-16-12-30-17(29-16)7-14(10-28-30)9-26-18(31)3-5-21(22,23)24/h4,6-8,10,12-13H,3,5,9,11H2,1-2H3,(H,26,31)(H,27,32). The molecule has 2 amide bonds. The fourth-order valence-corrected chi connectivity index (χ4v) is 2.82. The van der Waals surface area contributed by atoms with Crippen molar-refractivity contribution in [2.24, 2.45) is 0 Å². The number of alkyl halides is 3.